The van der Waals surface area contributed by atoms with Gasteiger partial charge >= 0.3 is 12.4 Å². The predicted octanol–water partition coefficient (Wildman–Crippen LogP) is 4.36. The van der Waals surface area contributed by atoms with E-state index in [1.165, 1.54) is 12.1 Å². The second-order valence-electron chi connectivity index (χ2n) is 9.99. The van der Waals surface area contributed by atoms with Gasteiger partial charge in [-0.1, -0.05) is 29.8 Å². The number of rotatable bonds is 6. The zero-order valence-corrected chi connectivity index (χ0v) is 22.2. The van der Waals surface area contributed by atoms with E-state index in [-0.39, 0.29) is 47.4 Å². The third-order valence-electron chi connectivity index (χ3n) is 7.32. The maximum Gasteiger partial charge on any atom is 0.430 e. The number of hydrogen-bond acceptors (Lipinski definition) is 5. The summed E-state index contributed by atoms with van der Waals surface area (Å²) in [6.45, 7) is 2.43. The van der Waals surface area contributed by atoms with Crippen LogP contribution in [0.5, 0.6) is 0 Å². The van der Waals surface area contributed by atoms with Gasteiger partial charge in [0.2, 0.25) is 5.91 Å². The monoisotopic (exact) mass is 594 g/mol. The molecule has 14 heteroatoms. The summed E-state index contributed by atoms with van der Waals surface area (Å²) in [7, 11) is -4.36. The molecule has 0 bridgehead atoms. The van der Waals surface area contributed by atoms with Crippen LogP contribution >= 0.6 is 0 Å². The van der Waals surface area contributed by atoms with Crippen LogP contribution in [0.4, 0.5) is 32.0 Å². The van der Waals surface area contributed by atoms with Crippen molar-refractivity contribution in [3.05, 3.63) is 59.2 Å². The summed E-state index contributed by atoms with van der Waals surface area (Å²) in [6, 6.07) is 6.73. The van der Waals surface area contributed by atoms with Crippen molar-refractivity contribution >= 4 is 21.6 Å². The summed E-state index contributed by atoms with van der Waals surface area (Å²) >= 11 is 0. The zero-order valence-electron chi connectivity index (χ0n) is 21.3. The van der Waals surface area contributed by atoms with Crippen LogP contribution in [-0.2, 0) is 31.6 Å². The number of hydrogen-bond donors (Lipinski definition) is 2. The Morgan fingerprint density at radius 2 is 1.60 bits per heavy atom. The Labute approximate surface area is 227 Å². The molecule has 1 saturated heterocycles. The van der Waals surface area contributed by atoms with E-state index in [0.29, 0.717) is 38.2 Å². The topological polar surface area (TPSA) is 95.9 Å². The number of carbonyl (C=O) groups excluding carboxylic acids is 1. The van der Waals surface area contributed by atoms with Crippen LogP contribution in [0.2, 0.25) is 0 Å². The van der Waals surface area contributed by atoms with Gasteiger partial charge in [0, 0.05) is 31.2 Å². The number of alkyl halides is 6. The number of halogens is 6. The van der Waals surface area contributed by atoms with E-state index in [1.807, 2.05) is 0 Å². The van der Waals surface area contributed by atoms with Gasteiger partial charge in [0.15, 0.2) is 0 Å². The van der Waals surface area contributed by atoms with Gasteiger partial charge in [-0.3, -0.25) is 9.10 Å². The molecule has 1 unspecified atom stereocenters. The molecular formula is C26H28F6N2O5S. The van der Waals surface area contributed by atoms with Gasteiger partial charge in [-0.2, -0.15) is 26.3 Å². The van der Waals surface area contributed by atoms with E-state index >= 15 is 0 Å². The Morgan fingerprint density at radius 1 is 1.00 bits per heavy atom. The minimum absolute atomic E-state index is 0.00787. The van der Waals surface area contributed by atoms with Crippen molar-refractivity contribution < 1.29 is 49.4 Å². The van der Waals surface area contributed by atoms with Crippen LogP contribution in [0.3, 0.4) is 0 Å². The molecule has 220 valence electrons. The Bertz CT molecular complexity index is 1320. The van der Waals surface area contributed by atoms with Crippen molar-refractivity contribution in [2.75, 3.05) is 24.1 Å². The van der Waals surface area contributed by atoms with E-state index in [9.17, 15) is 44.7 Å². The van der Waals surface area contributed by atoms with Crippen LogP contribution in [0, 0.1) is 12.8 Å². The average molecular weight is 595 g/mol. The molecule has 1 atom stereocenters. The molecule has 0 saturated carbocycles. The number of nitrogens with one attached hydrogen (secondary N) is 1. The van der Waals surface area contributed by atoms with Crippen LogP contribution in [0.15, 0.2) is 47.4 Å². The highest BCUT2D eigenvalue weighted by molar-refractivity contribution is 7.92. The van der Waals surface area contributed by atoms with Gasteiger partial charge in [0.05, 0.1) is 16.6 Å². The Kier molecular flexibility index (Phi) is 8.18. The molecule has 40 heavy (non-hydrogen) atoms. The molecular weight excluding hydrogens is 566 g/mol. The molecule has 0 aliphatic carbocycles. The van der Waals surface area contributed by atoms with Crippen LogP contribution < -0.4 is 9.62 Å². The number of ether oxygens (including phenoxy) is 1. The van der Waals surface area contributed by atoms with Crippen molar-refractivity contribution in [3.8, 4) is 0 Å². The fraction of sp³-hybridized carbons (Fsp3) is 0.500. The SMILES string of the molecule is Cc1ccc(S(=O)(=O)N2c3ccc(C(O)(C(F)(F)F)C(F)(F)F)cc3CCC2CNC(=O)C2CCOCC2)cc1. The maximum atomic E-state index is 13.8. The molecule has 2 aromatic carbocycles. The smallest absolute Gasteiger partial charge is 0.381 e. The molecule has 2 aliphatic rings. The number of fused-ring (bicyclic) bond motifs is 1. The van der Waals surface area contributed by atoms with Crippen molar-refractivity contribution in [2.45, 2.75) is 61.5 Å². The number of carbonyl (C=O) groups is 1. The summed E-state index contributed by atoms with van der Waals surface area (Å²) in [4.78, 5) is 12.6. The molecule has 1 amide bonds. The van der Waals surface area contributed by atoms with E-state index in [4.69, 9.17) is 4.74 Å². The average Bonchev–Trinajstić information content (AvgIpc) is 2.89. The summed E-state index contributed by atoms with van der Waals surface area (Å²) in [5.74, 6) is -0.616. The van der Waals surface area contributed by atoms with E-state index in [2.05, 4.69) is 5.32 Å². The first-order valence-corrected chi connectivity index (χ1v) is 14.0. The van der Waals surface area contributed by atoms with E-state index in [1.54, 1.807) is 19.1 Å². The number of benzene rings is 2. The van der Waals surface area contributed by atoms with Gasteiger partial charge < -0.3 is 15.2 Å². The lowest BCUT2D eigenvalue weighted by atomic mass is 9.88. The normalized spacial score (nSPS) is 19.3. The van der Waals surface area contributed by atoms with Gasteiger partial charge in [-0.05, 0) is 56.4 Å². The highest BCUT2D eigenvalue weighted by atomic mass is 32.2. The molecule has 2 heterocycles. The predicted molar refractivity (Wildman–Crippen MR) is 132 cm³/mol. The number of anilines is 1. The molecule has 4 rings (SSSR count). The van der Waals surface area contributed by atoms with E-state index < -0.39 is 39.6 Å². The lowest BCUT2D eigenvalue weighted by Crippen LogP contribution is -2.54. The van der Waals surface area contributed by atoms with Crippen LogP contribution in [0.25, 0.3) is 0 Å². The van der Waals surface area contributed by atoms with Crippen molar-refractivity contribution in [1.29, 1.82) is 0 Å². The zero-order chi connectivity index (χ0) is 29.5. The molecule has 0 spiro atoms. The third-order valence-corrected chi connectivity index (χ3v) is 9.20. The van der Waals surface area contributed by atoms with Crippen molar-refractivity contribution in [2.24, 2.45) is 5.92 Å². The van der Waals surface area contributed by atoms with Crippen LogP contribution in [0.1, 0.15) is 36.0 Å². The van der Waals surface area contributed by atoms with Crippen LogP contribution in [-0.4, -0.2) is 57.6 Å². The molecule has 7 nitrogen and oxygen atoms in total. The summed E-state index contributed by atoms with van der Waals surface area (Å²) < 4.78 is 115. The van der Waals surface area contributed by atoms with Gasteiger partial charge in [-0.25, -0.2) is 8.42 Å². The first-order chi connectivity index (χ1) is 18.6. The minimum atomic E-state index is -6.08. The minimum Gasteiger partial charge on any atom is -0.381 e. The number of amides is 1. The highest BCUT2D eigenvalue weighted by Gasteiger charge is 2.71. The van der Waals surface area contributed by atoms with Gasteiger partial charge in [-0.15, -0.1) is 0 Å². The largest absolute Gasteiger partial charge is 0.430 e. The summed E-state index contributed by atoms with van der Waals surface area (Å²) in [5, 5.41) is 12.6. The lowest BCUT2D eigenvalue weighted by molar-refractivity contribution is -0.376. The summed E-state index contributed by atoms with van der Waals surface area (Å²) in [5.41, 5.74) is -6.10. The number of sulfonamides is 1. The van der Waals surface area contributed by atoms with E-state index in [0.717, 1.165) is 15.9 Å². The lowest BCUT2D eigenvalue weighted by Gasteiger charge is -2.39. The third kappa shape index (κ3) is 5.53. The summed E-state index contributed by atoms with van der Waals surface area (Å²) in [6.07, 6.45) is -11.3. The Balaban J connectivity index is 1.75. The quantitative estimate of drug-likeness (QED) is 0.485. The highest BCUT2D eigenvalue weighted by Crippen LogP contribution is 2.51. The second kappa shape index (κ2) is 10.9. The molecule has 2 aromatic rings. The first kappa shape index (κ1) is 30.1. The Morgan fingerprint density at radius 3 is 2.17 bits per heavy atom. The fourth-order valence-corrected chi connectivity index (χ4v) is 6.72. The van der Waals surface area contributed by atoms with Gasteiger partial charge in [0.25, 0.3) is 15.6 Å². The Hall–Kier alpha value is -2.84. The number of aryl methyl sites for hydroxylation is 2. The molecule has 1 fully saturated rings. The first-order valence-electron chi connectivity index (χ1n) is 12.5. The maximum absolute atomic E-state index is 13.8. The number of aliphatic hydroxyl groups is 1. The standard InChI is InChI=1S/C26H28F6N2O5S/c1-16-2-7-21(8-3-16)40(37,38)34-20(15-33-23(35)17-10-12-39-13-11-17)6-4-18-14-19(5-9-22(18)34)24(36,25(27,28)29)26(30,31)32/h2-3,5,7-9,14,17,20,36H,4,6,10-13,15H2,1H3,(H,33,35). The molecule has 0 aromatic heterocycles. The second-order valence-corrected chi connectivity index (χ2v) is 11.8. The molecule has 2 N–H and O–H groups in total. The van der Waals surface area contributed by atoms with Crippen molar-refractivity contribution in [3.63, 3.8) is 0 Å². The number of nitrogens with zero attached hydrogens (tertiary/aromatic N) is 1. The van der Waals surface area contributed by atoms with Crippen molar-refractivity contribution in [1.82, 2.24) is 5.32 Å². The molecule has 2 aliphatic heterocycles. The molecule has 0 radical (unpaired) electrons. The fourth-order valence-electron chi connectivity index (χ4n) is 5.01. The van der Waals surface area contributed by atoms with Gasteiger partial charge in [0.1, 0.15) is 0 Å².